The van der Waals surface area contributed by atoms with Gasteiger partial charge in [-0.1, -0.05) is 30.3 Å². The molecule has 4 rings (SSSR count). The molecule has 0 aliphatic carbocycles. The van der Waals surface area contributed by atoms with Crippen LogP contribution in [0.2, 0.25) is 0 Å². The Hall–Kier alpha value is -3.13. The number of ether oxygens (including phenoxy) is 2. The number of fused-ring (bicyclic) bond motifs is 1. The molecule has 0 bridgehead atoms. The van der Waals surface area contributed by atoms with E-state index in [0.717, 1.165) is 32.5 Å². The van der Waals surface area contributed by atoms with Crippen molar-refractivity contribution < 1.29 is 9.47 Å². The summed E-state index contributed by atoms with van der Waals surface area (Å²) in [4.78, 5) is 9.58. The number of hydrogen-bond donors (Lipinski definition) is 0. The quantitative estimate of drug-likeness (QED) is 0.476. The van der Waals surface area contributed by atoms with E-state index in [-0.39, 0.29) is 0 Å². The van der Waals surface area contributed by atoms with Crippen molar-refractivity contribution in [3.05, 3.63) is 48.3 Å². The molecule has 0 spiro atoms. The summed E-state index contributed by atoms with van der Waals surface area (Å²) in [7, 11) is 5.16. The third kappa shape index (κ3) is 3.27. The van der Waals surface area contributed by atoms with Crippen LogP contribution in [0.5, 0.6) is 11.5 Å². The van der Waals surface area contributed by atoms with E-state index in [0.29, 0.717) is 17.3 Å². The van der Waals surface area contributed by atoms with Gasteiger partial charge in [0, 0.05) is 24.1 Å². The van der Waals surface area contributed by atoms with Crippen LogP contribution in [0, 0.1) is 6.92 Å². The molecule has 0 unspecified atom stereocenters. The lowest BCUT2D eigenvalue weighted by molar-refractivity contribution is 0.355. The van der Waals surface area contributed by atoms with Gasteiger partial charge in [-0.3, -0.25) is 0 Å². The molecule has 28 heavy (non-hydrogen) atoms. The van der Waals surface area contributed by atoms with Crippen LogP contribution >= 0.6 is 11.8 Å². The standard InChI is InChI=1S/C20H19N5O2S/c1-12-23-24-20(25(12)2)28-19-14-10-16(26-3)17(27-4)11-15(14)21-18(22-19)13-8-6-5-7-9-13/h5-11H,1-4H3. The van der Waals surface area contributed by atoms with Gasteiger partial charge in [0.25, 0.3) is 0 Å². The van der Waals surface area contributed by atoms with Crippen molar-refractivity contribution in [3.63, 3.8) is 0 Å². The smallest absolute Gasteiger partial charge is 0.197 e. The van der Waals surface area contributed by atoms with Crippen LogP contribution in [-0.2, 0) is 7.05 Å². The Balaban J connectivity index is 1.94. The van der Waals surface area contributed by atoms with Crippen molar-refractivity contribution in [2.45, 2.75) is 17.1 Å². The van der Waals surface area contributed by atoms with Gasteiger partial charge in [0.1, 0.15) is 10.9 Å². The fourth-order valence-corrected chi connectivity index (χ4v) is 3.71. The maximum atomic E-state index is 5.47. The fourth-order valence-electron chi connectivity index (χ4n) is 2.78. The summed E-state index contributed by atoms with van der Waals surface area (Å²) < 4.78 is 12.9. The highest BCUT2D eigenvalue weighted by Crippen LogP contribution is 2.38. The van der Waals surface area contributed by atoms with Crippen molar-refractivity contribution in [2.24, 2.45) is 7.05 Å². The monoisotopic (exact) mass is 393 g/mol. The zero-order chi connectivity index (χ0) is 19.7. The van der Waals surface area contributed by atoms with E-state index in [1.807, 2.05) is 61.0 Å². The Morgan fingerprint density at radius 2 is 1.64 bits per heavy atom. The summed E-state index contributed by atoms with van der Waals surface area (Å²) in [5.74, 6) is 2.73. The van der Waals surface area contributed by atoms with Crippen molar-refractivity contribution >= 4 is 22.7 Å². The fraction of sp³-hybridized carbons (Fsp3) is 0.200. The van der Waals surface area contributed by atoms with Gasteiger partial charge in [-0.2, -0.15) is 0 Å². The first-order valence-electron chi connectivity index (χ1n) is 8.63. The van der Waals surface area contributed by atoms with Crippen molar-refractivity contribution in [2.75, 3.05) is 14.2 Å². The summed E-state index contributed by atoms with van der Waals surface area (Å²) in [5, 5.41) is 10.8. The second-order valence-electron chi connectivity index (χ2n) is 6.13. The van der Waals surface area contributed by atoms with Gasteiger partial charge in [0.05, 0.1) is 19.7 Å². The molecule has 0 amide bonds. The third-order valence-electron chi connectivity index (χ3n) is 4.44. The highest BCUT2D eigenvalue weighted by atomic mass is 32.2. The predicted octanol–water partition coefficient (Wildman–Crippen LogP) is 3.90. The summed E-state index contributed by atoms with van der Waals surface area (Å²) in [5.41, 5.74) is 1.71. The van der Waals surface area contributed by atoms with Crippen molar-refractivity contribution in [1.29, 1.82) is 0 Å². The Labute approximate surface area is 166 Å². The molecular weight excluding hydrogens is 374 g/mol. The minimum atomic E-state index is 0.623. The van der Waals surface area contributed by atoms with E-state index in [2.05, 4.69) is 10.2 Å². The Morgan fingerprint density at radius 1 is 0.929 bits per heavy atom. The highest BCUT2D eigenvalue weighted by molar-refractivity contribution is 7.99. The van der Waals surface area contributed by atoms with Crippen LogP contribution in [0.3, 0.4) is 0 Å². The Bertz CT molecular complexity index is 1140. The SMILES string of the molecule is COc1cc2nc(-c3ccccc3)nc(Sc3nnc(C)n3C)c2cc1OC. The largest absolute Gasteiger partial charge is 0.493 e. The average Bonchev–Trinajstić information content (AvgIpc) is 3.05. The van der Waals surface area contributed by atoms with Gasteiger partial charge >= 0.3 is 0 Å². The topological polar surface area (TPSA) is 75.0 Å². The molecule has 0 aliphatic heterocycles. The first kappa shape index (κ1) is 18.2. The van der Waals surface area contributed by atoms with Crippen LogP contribution in [0.1, 0.15) is 5.82 Å². The molecule has 4 aromatic rings. The van der Waals surface area contributed by atoms with Gasteiger partial charge in [0.2, 0.25) is 0 Å². The maximum Gasteiger partial charge on any atom is 0.197 e. The Morgan fingerprint density at radius 3 is 2.29 bits per heavy atom. The van der Waals surface area contributed by atoms with Crippen molar-refractivity contribution in [3.8, 4) is 22.9 Å². The zero-order valence-corrected chi connectivity index (χ0v) is 16.8. The molecule has 0 saturated heterocycles. The lowest BCUT2D eigenvalue weighted by atomic mass is 10.2. The molecule has 0 N–H and O–H groups in total. The number of methoxy groups -OCH3 is 2. The first-order chi connectivity index (χ1) is 13.6. The number of hydrogen-bond acceptors (Lipinski definition) is 7. The third-order valence-corrected chi connectivity index (χ3v) is 5.48. The van der Waals surface area contributed by atoms with Gasteiger partial charge in [-0.05, 0) is 24.8 Å². The van der Waals surface area contributed by atoms with E-state index in [4.69, 9.17) is 19.4 Å². The average molecular weight is 393 g/mol. The summed E-state index contributed by atoms with van der Waals surface area (Å²) in [6.07, 6.45) is 0. The second kappa shape index (κ2) is 7.47. The highest BCUT2D eigenvalue weighted by Gasteiger charge is 2.17. The van der Waals surface area contributed by atoms with Crippen molar-refractivity contribution in [1.82, 2.24) is 24.7 Å². The minimum absolute atomic E-state index is 0.623. The van der Waals surface area contributed by atoms with Crippen LogP contribution in [0.4, 0.5) is 0 Å². The number of rotatable bonds is 5. The van der Waals surface area contributed by atoms with Gasteiger partial charge < -0.3 is 14.0 Å². The molecule has 0 radical (unpaired) electrons. The molecule has 2 aromatic heterocycles. The first-order valence-corrected chi connectivity index (χ1v) is 9.45. The normalized spacial score (nSPS) is 11.0. The molecule has 7 nitrogen and oxygen atoms in total. The number of nitrogens with zero attached hydrogens (tertiary/aromatic N) is 5. The van der Waals surface area contributed by atoms with Gasteiger partial charge in [-0.25, -0.2) is 9.97 Å². The molecule has 2 heterocycles. The van der Waals surface area contributed by atoms with Gasteiger partial charge in [0.15, 0.2) is 22.5 Å². The van der Waals surface area contributed by atoms with Gasteiger partial charge in [-0.15, -0.1) is 10.2 Å². The molecule has 0 aliphatic rings. The second-order valence-corrected chi connectivity index (χ2v) is 7.09. The van der Waals surface area contributed by atoms with Crippen LogP contribution in [0.15, 0.2) is 52.6 Å². The summed E-state index contributed by atoms with van der Waals surface area (Å²) >= 11 is 1.45. The summed E-state index contributed by atoms with van der Waals surface area (Å²) in [6.45, 7) is 1.92. The molecule has 0 saturated carbocycles. The number of benzene rings is 2. The molecule has 8 heteroatoms. The van der Waals surface area contributed by atoms with Crippen LogP contribution < -0.4 is 9.47 Å². The van der Waals surface area contributed by atoms with E-state index >= 15 is 0 Å². The predicted molar refractivity (Wildman–Crippen MR) is 108 cm³/mol. The van der Waals surface area contributed by atoms with E-state index < -0.39 is 0 Å². The Kier molecular flexibility index (Phi) is 4.87. The molecule has 0 atom stereocenters. The number of aryl methyl sites for hydroxylation is 1. The van der Waals surface area contributed by atoms with Crippen LogP contribution in [0.25, 0.3) is 22.3 Å². The lowest BCUT2D eigenvalue weighted by Gasteiger charge is -2.12. The molecule has 2 aromatic carbocycles. The van der Waals surface area contributed by atoms with E-state index in [1.165, 1.54) is 11.8 Å². The zero-order valence-electron chi connectivity index (χ0n) is 16.0. The van der Waals surface area contributed by atoms with E-state index in [9.17, 15) is 0 Å². The lowest BCUT2D eigenvalue weighted by Crippen LogP contribution is -1.98. The van der Waals surface area contributed by atoms with E-state index in [1.54, 1.807) is 14.2 Å². The van der Waals surface area contributed by atoms with Crippen LogP contribution in [-0.4, -0.2) is 39.0 Å². The minimum Gasteiger partial charge on any atom is -0.493 e. The number of aromatic nitrogens is 5. The molecular formula is C20H19N5O2S. The molecule has 142 valence electrons. The maximum absolute atomic E-state index is 5.47. The molecule has 0 fully saturated rings. The summed E-state index contributed by atoms with van der Waals surface area (Å²) in [6, 6.07) is 13.7.